The van der Waals surface area contributed by atoms with Crippen molar-refractivity contribution in [2.75, 3.05) is 0 Å². The van der Waals surface area contributed by atoms with Crippen LogP contribution < -0.4 is 61.2 Å². The maximum atomic E-state index is 12.7. The van der Waals surface area contributed by atoms with Crippen molar-refractivity contribution in [1.82, 2.24) is 0 Å². The monoisotopic (exact) mass is 402 g/mol. The molecule has 0 heterocycles. The summed E-state index contributed by atoms with van der Waals surface area (Å²) in [5, 5.41) is 12.7. The van der Waals surface area contributed by atoms with E-state index in [-0.39, 0.29) is 67.6 Å². The van der Waals surface area contributed by atoms with Crippen molar-refractivity contribution >= 4 is 10.1 Å². The molecule has 2 rings (SSSR count). The van der Waals surface area contributed by atoms with Crippen molar-refractivity contribution in [2.45, 2.75) is 50.3 Å². The van der Waals surface area contributed by atoms with Crippen LogP contribution >= 0.6 is 0 Å². The molecule has 0 aliphatic heterocycles. The Morgan fingerprint density at radius 2 is 1.65 bits per heavy atom. The summed E-state index contributed by atoms with van der Waals surface area (Å²) in [5.74, 6) is 0.0599. The summed E-state index contributed by atoms with van der Waals surface area (Å²) >= 11 is 0. The SMILES string of the molecule is CCCCCCCc1c(S(=O)(=O)O)ccc(Oc2ccccc2)c1[O-].[K+]. The van der Waals surface area contributed by atoms with Crippen LogP contribution in [0.1, 0.15) is 44.6 Å². The standard InChI is InChI=1S/C19H24O5S.K/c1-2-3-4-5-9-12-16-18(25(21,22)23)14-13-17(19(16)20)24-15-10-7-6-8-11-15;/h6-8,10-11,13-14,20H,2-5,9,12H2,1H3,(H,21,22,23);/q;+1/p-1. The van der Waals surface area contributed by atoms with Gasteiger partial charge >= 0.3 is 51.4 Å². The van der Waals surface area contributed by atoms with Gasteiger partial charge in [0.2, 0.25) is 0 Å². The van der Waals surface area contributed by atoms with Gasteiger partial charge in [0.25, 0.3) is 10.1 Å². The normalized spacial score (nSPS) is 11.0. The van der Waals surface area contributed by atoms with Gasteiger partial charge in [0, 0.05) is 0 Å². The van der Waals surface area contributed by atoms with Gasteiger partial charge in [0.05, 0.1) is 4.90 Å². The Morgan fingerprint density at radius 1 is 1.00 bits per heavy atom. The topological polar surface area (TPSA) is 86.7 Å². The molecule has 0 aliphatic rings. The fourth-order valence-corrected chi connectivity index (χ4v) is 3.41. The summed E-state index contributed by atoms with van der Waals surface area (Å²) in [5.41, 5.74) is 0.0902. The first-order valence-electron chi connectivity index (χ1n) is 8.46. The molecule has 26 heavy (non-hydrogen) atoms. The van der Waals surface area contributed by atoms with Crippen LogP contribution in [0.15, 0.2) is 47.4 Å². The molecule has 0 fully saturated rings. The van der Waals surface area contributed by atoms with Crippen LogP contribution in [-0.4, -0.2) is 13.0 Å². The third-order valence-corrected chi connectivity index (χ3v) is 4.90. The van der Waals surface area contributed by atoms with E-state index in [4.69, 9.17) is 4.74 Å². The van der Waals surface area contributed by atoms with Crippen molar-refractivity contribution in [3.05, 3.63) is 48.0 Å². The Balaban J connectivity index is 0.00000338. The predicted molar refractivity (Wildman–Crippen MR) is 94.7 cm³/mol. The number of rotatable bonds is 9. The second-order valence-corrected chi connectivity index (χ2v) is 7.31. The summed E-state index contributed by atoms with van der Waals surface area (Å²) in [7, 11) is -4.45. The van der Waals surface area contributed by atoms with E-state index in [2.05, 4.69) is 6.92 Å². The third-order valence-electron chi connectivity index (χ3n) is 3.96. The molecule has 0 aliphatic carbocycles. The number of unbranched alkanes of at least 4 members (excludes halogenated alkanes) is 4. The number of hydrogen-bond donors (Lipinski definition) is 1. The second-order valence-electron chi connectivity index (χ2n) is 5.92. The van der Waals surface area contributed by atoms with Gasteiger partial charge in [-0.3, -0.25) is 4.55 Å². The van der Waals surface area contributed by atoms with Crippen LogP contribution in [0.5, 0.6) is 17.2 Å². The Hall–Kier alpha value is -0.414. The second kappa shape index (κ2) is 11.4. The third kappa shape index (κ3) is 6.96. The fourth-order valence-electron chi connectivity index (χ4n) is 2.67. The number of hydrogen-bond acceptors (Lipinski definition) is 4. The van der Waals surface area contributed by atoms with Crippen molar-refractivity contribution in [3.8, 4) is 17.2 Å². The molecule has 0 aromatic heterocycles. The van der Waals surface area contributed by atoms with Gasteiger partial charge in [-0.2, -0.15) is 8.42 Å². The molecule has 5 nitrogen and oxygen atoms in total. The number of benzene rings is 2. The smallest absolute Gasteiger partial charge is 0.870 e. The molecule has 1 N–H and O–H groups in total. The van der Waals surface area contributed by atoms with Crippen molar-refractivity contribution < 1.29 is 74.2 Å². The van der Waals surface area contributed by atoms with E-state index >= 15 is 0 Å². The summed E-state index contributed by atoms with van der Waals surface area (Å²) in [6, 6.07) is 11.3. The largest absolute Gasteiger partial charge is 1.00 e. The molecule has 0 unspecified atom stereocenters. The molecule has 7 heteroatoms. The van der Waals surface area contributed by atoms with Crippen LogP contribution in [0.2, 0.25) is 0 Å². The van der Waals surface area contributed by atoms with E-state index in [0.29, 0.717) is 18.6 Å². The van der Waals surface area contributed by atoms with Gasteiger partial charge < -0.3 is 9.84 Å². The zero-order chi connectivity index (χ0) is 18.3. The predicted octanol–water partition coefficient (Wildman–Crippen LogP) is 1.32. The van der Waals surface area contributed by atoms with Crippen LogP contribution in [0.4, 0.5) is 0 Å². The van der Waals surface area contributed by atoms with E-state index in [0.717, 1.165) is 25.7 Å². The average molecular weight is 403 g/mol. The molecule has 0 saturated carbocycles. The summed E-state index contributed by atoms with van der Waals surface area (Å²) < 4.78 is 38.2. The van der Waals surface area contributed by atoms with Crippen LogP contribution in [0, 0.1) is 0 Å². The number of para-hydroxylation sites is 1. The Bertz CT molecular complexity index is 791. The van der Waals surface area contributed by atoms with Crippen LogP contribution in [0.3, 0.4) is 0 Å². The molecule has 0 radical (unpaired) electrons. The first-order chi connectivity index (χ1) is 11.9. The van der Waals surface area contributed by atoms with E-state index in [1.807, 2.05) is 6.07 Å². The number of ether oxygens (including phenoxy) is 1. The average Bonchev–Trinajstić information content (AvgIpc) is 2.57. The molecule has 136 valence electrons. The minimum absolute atomic E-state index is 0. The van der Waals surface area contributed by atoms with Crippen LogP contribution in [-0.2, 0) is 16.5 Å². The molecule has 0 bridgehead atoms. The molecule has 0 amide bonds. The van der Waals surface area contributed by atoms with E-state index in [9.17, 15) is 18.1 Å². The molecule has 2 aromatic carbocycles. The van der Waals surface area contributed by atoms with Gasteiger partial charge in [-0.15, -0.1) is 0 Å². The van der Waals surface area contributed by atoms with Gasteiger partial charge in [-0.25, -0.2) is 0 Å². The van der Waals surface area contributed by atoms with Gasteiger partial charge in [0.1, 0.15) is 11.5 Å². The fraction of sp³-hybridized carbons (Fsp3) is 0.368. The minimum atomic E-state index is -4.45. The summed E-state index contributed by atoms with van der Waals surface area (Å²) in [4.78, 5) is -0.326. The summed E-state index contributed by atoms with van der Waals surface area (Å²) in [6.07, 6.45) is 5.13. The molecular weight excluding hydrogens is 379 g/mol. The molecule has 0 spiro atoms. The van der Waals surface area contributed by atoms with Gasteiger partial charge in [-0.05, 0) is 42.7 Å². The van der Waals surface area contributed by atoms with Crippen LogP contribution in [0.25, 0.3) is 0 Å². The van der Waals surface area contributed by atoms with E-state index in [1.165, 1.54) is 12.1 Å². The molecule has 0 saturated heterocycles. The van der Waals surface area contributed by atoms with E-state index in [1.54, 1.807) is 24.3 Å². The van der Waals surface area contributed by atoms with E-state index < -0.39 is 15.9 Å². The molecule has 0 atom stereocenters. The zero-order valence-electron chi connectivity index (χ0n) is 15.3. The minimum Gasteiger partial charge on any atom is -0.870 e. The molecule has 2 aromatic rings. The van der Waals surface area contributed by atoms with Gasteiger partial charge in [0.15, 0.2) is 0 Å². The first-order valence-corrected chi connectivity index (χ1v) is 9.90. The maximum Gasteiger partial charge on any atom is 1.00 e. The Kier molecular flexibility index (Phi) is 10.4. The zero-order valence-corrected chi connectivity index (χ0v) is 19.2. The first kappa shape index (κ1) is 23.6. The van der Waals surface area contributed by atoms with Crippen molar-refractivity contribution in [1.29, 1.82) is 0 Å². The quantitative estimate of drug-likeness (QED) is 0.388. The van der Waals surface area contributed by atoms with Crippen molar-refractivity contribution in [3.63, 3.8) is 0 Å². The maximum absolute atomic E-state index is 12.7. The molecular formula is C19H23KO5S. The van der Waals surface area contributed by atoms with Gasteiger partial charge in [-0.1, -0.05) is 56.6 Å². The Morgan fingerprint density at radius 3 is 2.27 bits per heavy atom. The Labute approximate surface area is 198 Å². The summed E-state index contributed by atoms with van der Waals surface area (Å²) in [6.45, 7) is 2.11. The van der Waals surface area contributed by atoms with Crippen molar-refractivity contribution in [2.24, 2.45) is 0 Å².